The molecule has 0 heterocycles. The van der Waals surface area contributed by atoms with E-state index < -0.39 is 11.9 Å². The summed E-state index contributed by atoms with van der Waals surface area (Å²) in [6, 6.07) is 13.0. The highest BCUT2D eigenvalue weighted by Gasteiger charge is 2.01. The van der Waals surface area contributed by atoms with Crippen LogP contribution in [0.2, 0.25) is 0 Å². The summed E-state index contributed by atoms with van der Waals surface area (Å²) in [5, 5.41) is 18.1. The van der Waals surface area contributed by atoms with Gasteiger partial charge in [-0.1, -0.05) is 30.3 Å². The van der Waals surface area contributed by atoms with Gasteiger partial charge in [0.15, 0.2) is 0 Å². The van der Waals surface area contributed by atoms with Gasteiger partial charge in [-0.05, 0) is 35.9 Å². The van der Waals surface area contributed by atoms with Crippen LogP contribution in [0.15, 0.2) is 60.7 Å². The van der Waals surface area contributed by atoms with E-state index in [1.807, 2.05) is 0 Å². The average molecular weight is 310 g/mol. The van der Waals surface area contributed by atoms with E-state index in [0.29, 0.717) is 16.9 Å². The summed E-state index contributed by atoms with van der Waals surface area (Å²) >= 11 is 0. The van der Waals surface area contributed by atoms with Crippen LogP contribution in [-0.2, 0) is 9.59 Å². The molecule has 2 N–H and O–H groups in total. The van der Waals surface area contributed by atoms with Gasteiger partial charge in [0.1, 0.15) is 11.5 Å². The lowest BCUT2D eigenvalue weighted by molar-refractivity contribution is -0.131. The molecule has 0 unspecified atom stereocenters. The maximum atomic E-state index is 11.7. The van der Waals surface area contributed by atoms with Gasteiger partial charge < -0.3 is 14.9 Å². The van der Waals surface area contributed by atoms with Crippen molar-refractivity contribution in [1.82, 2.24) is 0 Å². The minimum absolute atomic E-state index is 0.0751. The molecule has 0 amide bonds. The number of benzene rings is 2. The number of para-hydroxylation sites is 1. The van der Waals surface area contributed by atoms with Gasteiger partial charge in [0, 0.05) is 17.7 Å². The Morgan fingerprint density at radius 3 is 2.26 bits per heavy atom. The molecular formula is C18H14O5. The van der Waals surface area contributed by atoms with E-state index in [2.05, 4.69) is 0 Å². The summed E-state index contributed by atoms with van der Waals surface area (Å²) in [6.45, 7) is 0. The molecule has 0 saturated carbocycles. The first-order valence-corrected chi connectivity index (χ1v) is 6.73. The molecule has 23 heavy (non-hydrogen) atoms. The van der Waals surface area contributed by atoms with E-state index in [-0.39, 0.29) is 5.75 Å². The summed E-state index contributed by atoms with van der Waals surface area (Å²) in [6.07, 6.45) is 5.14. The molecule has 0 radical (unpaired) electrons. The average Bonchev–Trinajstić information content (AvgIpc) is 2.53. The van der Waals surface area contributed by atoms with E-state index in [1.54, 1.807) is 42.5 Å². The van der Waals surface area contributed by atoms with Crippen LogP contribution < -0.4 is 4.74 Å². The lowest BCUT2D eigenvalue weighted by Gasteiger charge is -2.02. The molecule has 0 atom stereocenters. The van der Waals surface area contributed by atoms with E-state index in [1.165, 1.54) is 24.3 Å². The molecule has 0 aromatic heterocycles. The number of carboxylic acids is 1. The van der Waals surface area contributed by atoms with Crippen molar-refractivity contribution in [2.75, 3.05) is 0 Å². The van der Waals surface area contributed by atoms with Gasteiger partial charge in [0.2, 0.25) is 0 Å². The number of phenolic OH excluding ortho intramolecular Hbond substituents is 1. The van der Waals surface area contributed by atoms with Crippen LogP contribution in [0.1, 0.15) is 11.1 Å². The molecule has 0 aliphatic heterocycles. The fourth-order valence-corrected chi connectivity index (χ4v) is 1.75. The van der Waals surface area contributed by atoms with Crippen molar-refractivity contribution >= 4 is 24.1 Å². The van der Waals surface area contributed by atoms with Gasteiger partial charge in [-0.15, -0.1) is 0 Å². The molecule has 116 valence electrons. The van der Waals surface area contributed by atoms with Crippen LogP contribution >= 0.6 is 0 Å². The maximum Gasteiger partial charge on any atom is 0.336 e. The van der Waals surface area contributed by atoms with Crippen LogP contribution in [0.4, 0.5) is 0 Å². The van der Waals surface area contributed by atoms with E-state index in [0.717, 1.165) is 6.08 Å². The predicted molar refractivity (Wildman–Crippen MR) is 85.9 cm³/mol. The van der Waals surface area contributed by atoms with Crippen LogP contribution in [0, 0.1) is 0 Å². The Kier molecular flexibility index (Phi) is 5.30. The Morgan fingerprint density at radius 2 is 1.61 bits per heavy atom. The highest BCUT2D eigenvalue weighted by molar-refractivity contribution is 5.89. The molecular weight excluding hydrogens is 296 g/mol. The number of esters is 1. The minimum Gasteiger partial charge on any atom is -0.507 e. The molecule has 0 bridgehead atoms. The van der Waals surface area contributed by atoms with Crippen LogP contribution in [-0.4, -0.2) is 22.2 Å². The van der Waals surface area contributed by atoms with Crippen LogP contribution in [0.5, 0.6) is 11.5 Å². The van der Waals surface area contributed by atoms with Gasteiger partial charge in [-0.25, -0.2) is 9.59 Å². The number of hydrogen-bond donors (Lipinski definition) is 2. The number of ether oxygens (including phenoxy) is 1. The Morgan fingerprint density at radius 1 is 0.913 bits per heavy atom. The molecule has 0 aliphatic rings. The Balaban J connectivity index is 1.98. The maximum absolute atomic E-state index is 11.7. The van der Waals surface area contributed by atoms with Crippen LogP contribution in [0.25, 0.3) is 12.2 Å². The summed E-state index contributed by atoms with van der Waals surface area (Å²) in [4.78, 5) is 22.1. The van der Waals surface area contributed by atoms with Gasteiger partial charge in [-0.2, -0.15) is 0 Å². The highest BCUT2D eigenvalue weighted by atomic mass is 16.5. The zero-order valence-electron chi connectivity index (χ0n) is 12.0. The number of aromatic hydroxyl groups is 1. The van der Waals surface area contributed by atoms with Gasteiger partial charge in [0.25, 0.3) is 0 Å². The SMILES string of the molecule is O=C(O)/C=C/c1ccc(OC(=O)/C=C/c2ccccc2O)cc1. The van der Waals surface area contributed by atoms with Crippen LogP contribution in [0.3, 0.4) is 0 Å². The molecule has 0 aliphatic carbocycles. The monoisotopic (exact) mass is 310 g/mol. The second-order valence-corrected chi connectivity index (χ2v) is 4.55. The third-order valence-corrected chi connectivity index (χ3v) is 2.85. The standard InChI is InChI=1S/C18H14O5/c19-16-4-2-1-3-14(16)8-12-18(22)23-15-9-5-13(6-10-15)7-11-17(20)21/h1-12,19H,(H,20,21)/b11-7+,12-8+. The zero-order valence-corrected chi connectivity index (χ0v) is 12.0. The van der Waals surface area contributed by atoms with Crippen molar-refractivity contribution in [1.29, 1.82) is 0 Å². The van der Waals surface area contributed by atoms with Gasteiger partial charge in [0.05, 0.1) is 0 Å². The normalized spacial score (nSPS) is 11.0. The molecule has 0 fully saturated rings. The smallest absolute Gasteiger partial charge is 0.336 e. The third-order valence-electron chi connectivity index (χ3n) is 2.85. The van der Waals surface area contributed by atoms with E-state index >= 15 is 0 Å². The number of aliphatic carboxylic acids is 1. The van der Waals surface area contributed by atoms with Crippen molar-refractivity contribution in [3.8, 4) is 11.5 Å². The van der Waals surface area contributed by atoms with Crippen molar-refractivity contribution in [2.45, 2.75) is 0 Å². The molecule has 0 spiro atoms. The number of carbonyl (C=O) groups excluding carboxylic acids is 1. The second-order valence-electron chi connectivity index (χ2n) is 4.55. The molecule has 5 nitrogen and oxygen atoms in total. The second kappa shape index (κ2) is 7.61. The molecule has 2 aromatic carbocycles. The lowest BCUT2D eigenvalue weighted by atomic mass is 10.2. The lowest BCUT2D eigenvalue weighted by Crippen LogP contribution is -2.03. The van der Waals surface area contributed by atoms with Gasteiger partial charge >= 0.3 is 11.9 Å². The summed E-state index contributed by atoms with van der Waals surface area (Å²) in [5.74, 6) is -1.20. The number of hydrogen-bond acceptors (Lipinski definition) is 4. The highest BCUT2D eigenvalue weighted by Crippen LogP contribution is 2.17. The zero-order chi connectivity index (χ0) is 16.7. The Hall–Kier alpha value is -3.34. The first-order chi connectivity index (χ1) is 11.0. The molecule has 0 saturated heterocycles. The predicted octanol–water partition coefficient (Wildman–Crippen LogP) is 3.11. The topological polar surface area (TPSA) is 83.8 Å². The van der Waals surface area contributed by atoms with E-state index in [9.17, 15) is 14.7 Å². The number of rotatable bonds is 5. The minimum atomic E-state index is -1.03. The van der Waals surface area contributed by atoms with Crippen molar-refractivity contribution < 1.29 is 24.5 Å². The fraction of sp³-hybridized carbons (Fsp3) is 0. The first kappa shape index (κ1) is 16.0. The molecule has 2 aromatic rings. The van der Waals surface area contributed by atoms with Gasteiger partial charge in [-0.3, -0.25) is 0 Å². The van der Waals surface area contributed by atoms with Crippen molar-refractivity contribution in [2.24, 2.45) is 0 Å². The fourth-order valence-electron chi connectivity index (χ4n) is 1.75. The summed E-state index contributed by atoms with van der Waals surface area (Å²) in [5.41, 5.74) is 1.19. The van der Waals surface area contributed by atoms with E-state index in [4.69, 9.17) is 9.84 Å². The summed E-state index contributed by atoms with van der Waals surface area (Å²) in [7, 11) is 0. The Labute approximate surface area is 132 Å². The largest absolute Gasteiger partial charge is 0.507 e. The Bertz CT molecular complexity index is 757. The van der Waals surface area contributed by atoms with Crippen molar-refractivity contribution in [3.63, 3.8) is 0 Å². The third kappa shape index (κ3) is 5.17. The summed E-state index contributed by atoms with van der Waals surface area (Å²) < 4.78 is 5.11. The number of phenols is 1. The molecule has 2 rings (SSSR count). The first-order valence-electron chi connectivity index (χ1n) is 6.73. The number of carboxylic acid groups (broad SMARTS) is 1. The van der Waals surface area contributed by atoms with Crippen molar-refractivity contribution in [3.05, 3.63) is 71.8 Å². The number of carbonyl (C=O) groups is 2. The molecule has 5 heteroatoms. The quantitative estimate of drug-likeness (QED) is 0.503.